The summed E-state index contributed by atoms with van der Waals surface area (Å²) in [7, 11) is 1.50. The second kappa shape index (κ2) is 8.33. The second-order valence-electron chi connectivity index (χ2n) is 12.9. The maximum Gasteiger partial charge on any atom is 0.434 e. The van der Waals surface area contributed by atoms with Crippen LogP contribution in [-0.4, -0.2) is 64.3 Å². The van der Waals surface area contributed by atoms with Gasteiger partial charge in [-0.25, -0.2) is 19.7 Å². The topological polar surface area (TPSA) is 127 Å². The highest BCUT2D eigenvalue weighted by Crippen LogP contribution is 2.83. The maximum absolute atomic E-state index is 14.5. The Morgan fingerprint density at radius 3 is 2.52 bits per heavy atom. The number of rotatable bonds is 5. The Morgan fingerprint density at radius 1 is 1.12 bits per heavy atom. The number of nitrogens with zero attached hydrogens (tertiary/aromatic N) is 4. The molecule has 10 nitrogen and oxygen atoms in total. The third kappa shape index (κ3) is 3.12. The molecule has 6 unspecified atom stereocenters. The predicted molar refractivity (Wildman–Crippen MR) is 139 cm³/mol. The number of amides is 1. The largest absolute Gasteiger partial charge is 0.481 e. The fourth-order valence-corrected chi connectivity index (χ4v) is 9.73. The summed E-state index contributed by atoms with van der Waals surface area (Å²) >= 11 is 0. The fraction of sp³-hybridized carbons (Fsp3) is 0.621. The number of aliphatic carboxylic acids is 1. The van der Waals surface area contributed by atoms with Crippen LogP contribution in [0.15, 0.2) is 18.3 Å². The summed E-state index contributed by atoms with van der Waals surface area (Å²) in [6, 6.07) is 3.36. The van der Waals surface area contributed by atoms with Crippen molar-refractivity contribution < 1.29 is 37.3 Å². The lowest BCUT2D eigenvalue weighted by Gasteiger charge is -2.69. The van der Waals surface area contributed by atoms with E-state index >= 15 is 0 Å². The van der Waals surface area contributed by atoms with Crippen molar-refractivity contribution in [3.05, 3.63) is 35.3 Å². The van der Waals surface area contributed by atoms with Gasteiger partial charge in [0.05, 0.1) is 24.1 Å². The Bertz CT molecular complexity index is 1530. The number of carboxylic acids is 1. The monoisotopic (exact) mass is 585 g/mol. The van der Waals surface area contributed by atoms with E-state index in [-0.39, 0.29) is 23.2 Å². The standard InChI is InChI=1S/C29H30F3N5O5/c1-41-20-3-2-18-22(34-20)26(4-6-42-7-5-26)13-37(18)25-33-12-17(21(35-25)29(30,31)32)23(38)36-28(24(39)40)16-9-14-8-15-10-19(28)27(14,15)11-16/h2-3,12,14-16,19H,4-11,13H2,1H3,(H,36,38)(H,39,40). The van der Waals surface area contributed by atoms with Gasteiger partial charge >= 0.3 is 12.1 Å². The Labute approximate surface area is 239 Å². The van der Waals surface area contributed by atoms with Gasteiger partial charge in [0.15, 0.2) is 5.69 Å². The summed E-state index contributed by atoms with van der Waals surface area (Å²) in [5.41, 5.74) is -3.03. The van der Waals surface area contributed by atoms with Crippen LogP contribution < -0.4 is 15.0 Å². The van der Waals surface area contributed by atoms with Crippen LogP contribution in [0.4, 0.5) is 24.8 Å². The number of hydrogen-bond acceptors (Lipinski definition) is 8. The van der Waals surface area contributed by atoms with Crippen molar-refractivity contribution in [3.63, 3.8) is 0 Å². The molecule has 6 aliphatic rings. The number of aromatic nitrogens is 3. The highest BCUT2D eigenvalue weighted by atomic mass is 19.4. The second-order valence-corrected chi connectivity index (χ2v) is 12.9. The van der Waals surface area contributed by atoms with Crippen molar-refractivity contribution in [2.24, 2.45) is 29.1 Å². The van der Waals surface area contributed by atoms with E-state index in [0.29, 0.717) is 81.0 Å². The molecule has 6 atom stereocenters. The molecule has 2 spiro atoms. The van der Waals surface area contributed by atoms with Gasteiger partial charge in [-0.3, -0.25) is 4.79 Å². The van der Waals surface area contributed by atoms with E-state index in [1.807, 2.05) is 0 Å². The van der Waals surface area contributed by atoms with Gasteiger partial charge in [0.1, 0.15) is 5.54 Å². The average Bonchev–Trinajstić information content (AvgIpc) is 3.56. The van der Waals surface area contributed by atoms with Gasteiger partial charge in [0, 0.05) is 37.4 Å². The first kappa shape index (κ1) is 26.2. The molecule has 4 saturated carbocycles. The lowest BCUT2D eigenvalue weighted by atomic mass is 9.36. The number of carbonyl (C=O) groups is 2. The van der Waals surface area contributed by atoms with E-state index in [0.717, 1.165) is 12.6 Å². The number of halogens is 3. The molecule has 0 radical (unpaired) electrons. The SMILES string of the molecule is COc1ccc2c(n1)C1(CCOCC1)CN2c1ncc(C(=O)NC2(C(=O)O)C3CC4CC5CC2C45C3)c(C(F)(F)F)n1. The first-order valence-electron chi connectivity index (χ1n) is 14.4. The van der Waals surface area contributed by atoms with Crippen LogP contribution >= 0.6 is 0 Å². The van der Waals surface area contributed by atoms with Crippen LogP contribution in [0.3, 0.4) is 0 Å². The van der Waals surface area contributed by atoms with E-state index in [2.05, 4.69) is 20.3 Å². The van der Waals surface area contributed by atoms with Gasteiger partial charge in [0.25, 0.3) is 5.91 Å². The number of alkyl halides is 3. The van der Waals surface area contributed by atoms with Crippen molar-refractivity contribution in [3.8, 4) is 5.88 Å². The molecule has 5 fully saturated rings. The molecule has 42 heavy (non-hydrogen) atoms. The third-order valence-corrected chi connectivity index (χ3v) is 11.6. The molecular formula is C29H30F3N5O5. The van der Waals surface area contributed by atoms with E-state index < -0.39 is 40.3 Å². The van der Waals surface area contributed by atoms with Gasteiger partial charge in [-0.1, -0.05) is 0 Å². The number of hydrogen-bond donors (Lipinski definition) is 2. The number of carbonyl (C=O) groups excluding carboxylic acids is 1. The number of ether oxygens (including phenoxy) is 2. The quantitative estimate of drug-likeness (QED) is 0.540. The summed E-state index contributed by atoms with van der Waals surface area (Å²) in [6.07, 6.45) is 0.288. The number of carboxylic acid groups (broad SMARTS) is 1. The number of nitrogens with one attached hydrogen (secondary N) is 1. The Balaban J connectivity index is 1.15. The zero-order chi connectivity index (χ0) is 29.2. The first-order valence-corrected chi connectivity index (χ1v) is 14.4. The van der Waals surface area contributed by atoms with Crippen molar-refractivity contribution in [2.45, 2.75) is 55.7 Å². The normalized spacial score (nSPS) is 34.8. The third-order valence-electron chi connectivity index (χ3n) is 11.6. The molecule has 0 aromatic carbocycles. The Kier molecular flexibility index (Phi) is 5.19. The van der Waals surface area contributed by atoms with Crippen LogP contribution in [0.1, 0.15) is 60.3 Å². The molecule has 1 amide bonds. The van der Waals surface area contributed by atoms with Crippen LogP contribution in [0, 0.1) is 29.1 Å². The van der Waals surface area contributed by atoms with Crippen molar-refractivity contribution in [2.75, 3.05) is 31.8 Å². The molecule has 1 saturated heterocycles. The smallest absolute Gasteiger partial charge is 0.434 e. The molecule has 2 N–H and O–H groups in total. The van der Waals surface area contributed by atoms with E-state index in [9.17, 15) is 27.9 Å². The Hall–Kier alpha value is -3.48. The summed E-state index contributed by atoms with van der Waals surface area (Å²) in [5, 5.41) is 13.0. The van der Waals surface area contributed by atoms with Gasteiger partial charge in [0.2, 0.25) is 11.8 Å². The van der Waals surface area contributed by atoms with Crippen LogP contribution in [0.5, 0.6) is 5.88 Å². The fourth-order valence-electron chi connectivity index (χ4n) is 9.73. The zero-order valence-corrected chi connectivity index (χ0v) is 22.9. The number of methoxy groups -OCH3 is 1. The molecule has 2 bridgehead atoms. The number of anilines is 2. The zero-order valence-electron chi connectivity index (χ0n) is 22.9. The number of fused-ring (bicyclic) bond motifs is 3. The molecule has 13 heteroatoms. The van der Waals surface area contributed by atoms with Crippen molar-refractivity contribution >= 4 is 23.5 Å². The van der Waals surface area contributed by atoms with Crippen LogP contribution in [-0.2, 0) is 21.1 Å². The van der Waals surface area contributed by atoms with Gasteiger partial charge in [-0.2, -0.15) is 13.2 Å². The molecule has 222 valence electrons. The van der Waals surface area contributed by atoms with Crippen LogP contribution in [0.25, 0.3) is 0 Å². The summed E-state index contributed by atoms with van der Waals surface area (Å²) in [4.78, 5) is 40.7. The minimum absolute atomic E-state index is 0.0798. The van der Waals surface area contributed by atoms with Gasteiger partial charge in [-0.15, -0.1) is 0 Å². The lowest BCUT2D eigenvalue weighted by Crippen LogP contribution is -2.73. The molecular weight excluding hydrogens is 555 g/mol. The Morgan fingerprint density at radius 2 is 1.86 bits per heavy atom. The van der Waals surface area contributed by atoms with Crippen LogP contribution in [0.2, 0.25) is 0 Å². The molecule has 8 rings (SSSR count). The maximum atomic E-state index is 14.5. The summed E-state index contributed by atoms with van der Waals surface area (Å²) in [6.45, 7) is 1.26. The summed E-state index contributed by atoms with van der Waals surface area (Å²) in [5.74, 6) is -1.72. The van der Waals surface area contributed by atoms with Gasteiger partial charge < -0.3 is 24.8 Å². The minimum Gasteiger partial charge on any atom is -0.481 e. The number of pyridine rings is 1. The van der Waals surface area contributed by atoms with Gasteiger partial charge in [-0.05, 0) is 73.7 Å². The average molecular weight is 586 g/mol. The highest BCUT2D eigenvalue weighted by Gasteiger charge is 2.83. The summed E-state index contributed by atoms with van der Waals surface area (Å²) < 4.78 is 54.3. The van der Waals surface area contributed by atoms with E-state index in [4.69, 9.17) is 9.47 Å². The highest BCUT2D eigenvalue weighted by molar-refractivity contribution is 5.99. The molecule has 2 aliphatic heterocycles. The van der Waals surface area contributed by atoms with E-state index in [1.165, 1.54) is 7.11 Å². The minimum atomic E-state index is -4.98. The molecule has 4 aliphatic carbocycles. The molecule has 4 heterocycles. The van der Waals surface area contributed by atoms with E-state index in [1.54, 1.807) is 17.0 Å². The lowest BCUT2D eigenvalue weighted by molar-refractivity contribution is -0.209. The first-order chi connectivity index (χ1) is 20.0. The molecule has 2 aromatic heterocycles. The van der Waals surface area contributed by atoms with Crippen molar-refractivity contribution in [1.82, 2.24) is 20.3 Å². The predicted octanol–water partition coefficient (Wildman–Crippen LogP) is 3.72. The molecule has 2 aromatic rings. The van der Waals surface area contributed by atoms with Crippen molar-refractivity contribution in [1.29, 1.82) is 0 Å².